The van der Waals surface area contributed by atoms with Crippen molar-refractivity contribution in [3.05, 3.63) is 48.2 Å². The van der Waals surface area contributed by atoms with Crippen LogP contribution < -0.4 is 0 Å². The lowest BCUT2D eigenvalue weighted by Crippen LogP contribution is -1.84. The second-order valence-corrected chi connectivity index (χ2v) is 3.98. The fourth-order valence-corrected chi connectivity index (χ4v) is 2.05. The number of hydrogen-bond donors (Lipinski definition) is 2. The van der Waals surface area contributed by atoms with E-state index in [1.807, 2.05) is 12.1 Å². The molecule has 0 spiro atoms. The molecule has 0 aliphatic carbocycles. The number of nitrogens with one attached hydrogen (secondary N) is 1. The highest BCUT2D eigenvalue weighted by atomic mass is 16.3. The van der Waals surface area contributed by atoms with Crippen molar-refractivity contribution in [2.45, 2.75) is 0 Å². The summed E-state index contributed by atoms with van der Waals surface area (Å²) in [5.41, 5.74) is 2.66. The molecule has 4 nitrogen and oxygen atoms in total. The SMILES string of the molecule is O=Cc1c(-c2cccc(O)c2)[nH]c2ncccc12. The third kappa shape index (κ3) is 1.55. The summed E-state index contributed by atoms with van der Waals surface area (Å²) in [4.78, 5) is 18.5. The molecule has 0 aliphatic rings. The van der Waals surface area contributed by atoms with Crippen LogP contribution in [0.25, 0.3) is 22.3 Å². The van der Waals surface area contributed by atoms with Gasteiger partial charge in [-0.05, 0) is 24.3 Å². The lowest BCUT2D eigenvalue weighted by molar-refractivity contribution is 0.112. The van der Waals surface area contributed by atoms with Gasteiger partial charge in [-0.25, -0.2) is 4.98 Å². The van der Waals surface area contributed by atoms with Crippen LogP contribution in [0.15, 0.2) is 42.6 Å². The van der Waals surface area contributed by atoms with Crippen LogP contribution in [-0.4, -0.2) is 21.4 Å². The number of nitrogens with zero attached hydrogens (tertiary/aromatic N) is 1. The third-order valence-electron chi connectivity index (χ3n) is 2.86. The number of carbonyl (C=O) groups is 1. The number of rotatable bonds is 2. The number of hydrogen-bond acceptors (Lipinski definition) is 3. The van der Waals surface area contributed by atoms with Crippen LogP contribution in [0.1, 0.15) is 10.4 Å². The number of phenols is 1. The molecule has 3 aromatic rings. The number of aldehydes is 1. The lowest BCUT2D eigenvalue weighted by atomic mass is 10.1. The summed E-state index contributed by atoms with van der Waals surface area (Å²) in [6.45, 7) is 0. The molecule has 4 heteroatoms. The summed E-state index contributed by atoms with van der Waals surface area (Å²) < 4.78 is 0. The lowest BCUT2D eigenvalue weighted by Gasteiger charge is -2.00. The Morgan fingerprint density at radius 2 is 2.11 bits per heavy atom. The predicted octanol–water partition coefficient (Wildman–Crippen LogP) is 2.75. The molecule has 0 amide bonds. The van der Waals surface area contributed by atoms with Gasteiger partial charge in [0.1, 0.15) is 11.4 Å². The molecular formula is C14H10N2O2. The maximum absolute atomic E-state index is 11.3. The first-order valence-corrected chi connectivity index (χ1v) is 5.51. The first-order chi connectivity index (χ1) is 8.79. The van der Waals surface area contributed by atoms with Gasteiger partial charge >= 0.3 is 0 Å². The summed E-state index contributed by atoms with van der Waals surface area (Å²) in [7, 11) is 0. The fraction of sp³-hybridized carbons (Fsp3) is 0. The molecule has 0 fully saturated rings. The Kier molecular flexibility index (Phi) is 2.34. The van der Waals surface area contributed by atoms with Crippen LogP contribution in [-0.2, 0) is 0 Å². The molecule has 3 rings (SSSR count). The van der Waals surface area contributed by atoms with Gasteiger partial charge in [0.2, 0.25) is 0 Å². The van der Waals surface area contributed by atoms with Crippen molar-refractivity contribution >= 4 is 17.3 Å². The number of aromatic amines is 1. The van der Waals surface area contributed by atoms with Crippen molar-refractivity contribution in [1.82, 2.24) is 9.97 Å². The van der Waals surface area contributed by atoms with Crippen molar-refractivity contribution in [2.24, 2.45) is 0 Å². The second kappa shape index (κ2) is 4.00. The van der Waals surface area contributed by atoms with E-state index in [4.69, 9.17) is 0 Å². The summed E-state index contributed by atoms with van der Waals surface area (Å²) >= 11 is 0. The van der Waals surface area contributed by atoms with E-state index in [9.17, 15) is 9.90 Å². The maximum Gasteiger partial charge on any atom is 0.152 e. The van der Waals surface area contributed by atoms with E-state index in [-0.39, 0.29) is 5.75 Å². The van der Waals surface area contributed by atoms with Gasteiger partial charge in [0.05, 0.1) is 5.69 Å². The standard InChI is InChI=1S/C14H10N2O2/c17-8-12-11-5-2-6-15-14(11)16-13(12)9-3-1-4-10(18)7-9/h1-8,18H,(H,15,16). The van der Waals surface area contributed by atoms with Gasteiger partial charge < -0.3 is 10.1 Å². The Morgan fingerprint density at radius 3 is 2.89 bits per heavy atom. The van der Waals surface area contributed by atoms with Crippen LogP contribution in [0.2, 0.25) is 0 Å². The Hall–Kier alpha value is -2.62. The highest BCUT2D eigenvalue weighted by Crippen LogP contribution is 2.29. The smallest absolute Gasteiger partial charge is 0.152 e. The maximum atomic E-state index is 11.3. The molecule has 0 atom stereocenters. The average molecular weight is 238 g/mol. The minimum Gasteiger partial charge on any atom is -0.508 e. The number of pyridine rings is 1. The molecular weight excluding hydrogens is 228 g/mol. The van der Waals surface area contributed by atoms with E-state index >= 15 is 0 Å². The molecule has 0 unspecified atom stereocenters. The zero-order valence-corrected chi connectivity index (χ0v) is 9.42. The topological polar surface area (TPSA) is 66.0 Å². The Balaban J connectivity index is 2.32. The van der Waals surface area contributed by atoms with Gasteiger partial charge in [-0.15, -0.1) is 0 Å². The molecule has 0 saturated heterocycles. The number of aromatic nitrogens is 2. The first-order valence-electron chi connectivity index (χ1n) is 5.51. The monoisotopic (exact) mass is 238 g/mol. The predicted molar refractivity (Wildman–Crippen MR) is 68.6 cm³/mol. The molecule has 88 valence electrons. The van der Waals surface area contributed by atoms with E-state index < -0.39 is 0 Å². The zero-order chi connectivity index (χ0) is 12.5. The van der Waals surface area contributed by atoms with Gasteiger partial charge in [-0.3, -0.25) is 4.79 Å². The van der Waals surface area contributed by atoms with Crippen molar-refractivity contribution in [2.75, 3.05) is 0 Å². The molecule has 2 aromatic heterocycles. The van der Waals surface area contributed by atoms with Crippen molar-refractivity contribution in [3.63, 3.8) is 0 Å². The number of H-pyrrole nitrogens is 1. The Bertz CT molecular complexity index is 731. The van der Waals surface area contributed by atoms with Crippen LogP contribution in [0.5, 0.6) is 5.75 Å². The summed E-state index contributed by atoms with van der Waals surface area (Å²) in [5.74, 6) is 0.163. The van der Waals surface area contributed by atoms with Crippen LogP contribution in [0.3, 0.4) is 0 Å². The zero-order valence-electron chi connectivity index (χ0n) is 9.42. The minimum absolute atomic E-state index is 0.163. The van der Waals surface area contributed by atoms with Crippen LogP contribution in [0.4, 0.5) is 0 Å². The van der Waals surface area contributed by atoms with Gasteiger partial charge in [0, 0.05) is 22.7 Å². The molecule has 0 aliphatic heterocycles. The first kappa shape index (κ1) is 10.5. The highest BCUT2D eigenvalue weighted by molar-refractivity contribution is 6.03. The molecule has 18 heavy (non-hydrogen) atoms. The molecule has 0 radical (unpaired) electrons. The normalized spacial score (nSPS) is 10.7. The van der Waals surface area contributed by atoms with Gasteiger partial charge in [-0.2, -0.15) is 0 Å². The van der Waals surface area contributed by atoms with E-state index in [2.05, 4.69) is 9.97 Å². The summed E-state index contributed by atoms with van der Waals surface area (Å²) in [6.07, 6.45) is 2.47. The van der Waals surface area contributed by atoms with Gasteiger partial charge in [0.25, 0.3) is 0 Å². The quantitative estimate of drug-likeness (QED) is 0.674. The number of phenolic OH excluding ortho intramolecular Hbond substituents is 1. The number of benzene rings is 1. The molecule has 1 aromatic carbocycles. The van der Waals surface area contributed by atoms with E-state index in [0.29, 0.717) is 16.9 Å². The molecule has 0 bridgehead atoms. The number of fused-ring (bicyclic) bond motifs is 1. The average Bonchev–Trinajstić information content (AvgIpc) is 2.77. The van der Waals surface area contributed by atoms with Gasteiger partial charge in [0.15, 0.2) is 6.29 Å². The van der Waals surface area contributed by atoms with Gasteiger partial charge in [-0.1, -0.05) is 12.1 Å². The van der Waals surface area contributed by atoms with E-state index in [1.54, 1.807) is 30.5 Å². The number of aromatic hydroxyl groups is 1. The van der Waals surface area contributed by atoms with E-state index in [0.717, 1.165) is 17.2 Å². The largest absolute Gasteiger partial charge is 0.508 e. The summed E-state index contributed by atoms with van der Waals surface area (Å²) in [6, 6.07) is 10.4. The molecule has 2 N–H and O–H groups in total. The molecule has 0 saturated carbocycles. The molecule has 2 heterocycles. The minimum atomic E-state index is 0.163. The fourth-order valence-electron chi connectivity index (χ4n) is 2.05. The second-order valence-electron chi connectivity index (χ2n) is 3.98. The Morgan fingerprint density at radius 1 is 1.22 bits per heavy atom. The number of carbonyl (C=O) groups excluding carboxylic acids is 1. The van der Waals surface area contributed by atoms with Crippen LogP contribution in [0, 0.1) is 0 Å². The third-order valence-corrected chi connectivity index (χ3v) is 2.86. The van der Waals surface area contributed by atoms with Crippen molar-refractivity contribution < 1.29 is 9.90 Å². The highest BCUT2D eigenvalue weighted by Gasteiger charge is 2.13. The summed E-state index contributed by atoms with van der Waals surface area (Å²) in [5, 5.41) is 10.3. The van der Waals surface area contributed by atoms with Crippen LogP contribution >= 0.6 is 0 Å². The van der Waals surface area contributed by atoms with E-state index in [1.165, 1.54) is 0 Å². The Labute approximate surface area is 103 Å². The van der Waals surface area contributed by atoms with Crippen molar-refractivity contribution in [3.8, 4) is 17.0 Å². The van der Waals surface area contributed by atoms with Crippen molar-refractivity contribution in [1.29, 1.82) is 0 Å².